The molecule has 12 nitrogen and oxygen atoms in total. The van der Waals surface area contributed by atoms with Crippen molar-refractivity contribution in [3.63, 3.8) is 0 Å². The third-order valence-electron chi connectivity index (χ3n) is 4.51. The molecule has 2 rings (SSSR count). The quantitative estimate of drug-likeness (QED) is 0.135. The highest BCUT2D eigenvalue weighted by Crippen LogP contribution is 2.14. The first-order valence-corrected chi connectivity index (χ1v) is 10.6. The number of carboxylic acid groups (broad SMARTS) is 1. The average Bonchev–Trinajstić information content (AvgIpc) is 2.85. The Kier molecular flexibility index (Phi) is 10.1. The van der Waals surface area contributed by atoms with Crippen molar-refractivity contribution >= 4 is 35.6 Å². The van der Waals surface area contributed by atoms with Gasteiger partial charge in [-0.15, -0.1) is 0 Å². The monoisotopic (exact) mass is 499 g/mol. The number of rotatable bonds is 11. The molecule has 2 aromatic carbocycles. The van der Waals surface area contributed by atoms with Gasteiger partial charge in [0.05, 0.1) is 6.04 Å². The minimum Gasteiger partial charge on any atom is -0.482 e. The van der Waals surface area contributed by atoms with Crippen molar-refractivity contribution < 1.29 is 43.3 Å². The van der Waals surface area contributed by atoms with Gasteiger partial charge < -0.3 is 30.4 Å². The number of aliphatic imine (C=N–C) groups is 1. The summed E-state index contributed by atoms with van der Waals surface area (Å²) in [5.41, 5.74) is 6.70. The average molecular weight is 499 g/mol. The Morgan fingerprint density at radius 2 is 1.47 bits per heavy atom. The second-order valence-electron chi connectivity index (χ2n) is 7.29. The maximum absolute atomic E-state index is 12.6. The molecule has 0 aliphatic rings. The molecule has 4 N–H and O–H groups in total. The van der Waals surface area contributed by atoms with E-state index in [1.807, 2.05) is 0 Å². The zero-order valence-electron chi connectivity index (χ0n) is 19.6. The van der Waals surface area contributed by atoms with Gasteiger partial charge in [0, 0.05) is 23.6 Å². The number of Topliss-reactive ketones (excluding diaryl/α,β-unsaturated/α-hetero) is 1. The Balaban J connectivity index is 1.91. The number of nitrogens with two attached hydrogens (primary N) is 1. The first-order valence-electron chi connectivity index (χ1n) is 10.6. The van der Waals surface area contributed by atoms with Crippen LogP contribution in [0.2, 0.25) is 0 Å². The highest BCUT2D eigenvalue weighted by Gasteiger charge is 2.19. The molecule has 0 aromatic heterocycles. The van der Waals surface area contributed by atoms with Gasteiger partial charge in [-0.3, -0.25) is 14.4 Å². The molecular formula is C24H25N3O9. The molecule has 0 spiro atoms. The molecule has 1 unspecified atom stereocenters. The lowest BCUT2D eigenvalue weighted by Crippen LogP contribution is -2.38. The van der Waals surface area contributed by atoms with Crippen LogP contribution in [0.4, 0.5) is 4.79 Å². The molecule has 0 radical (unpaired) electrons. The molecule has 0 aliphatic carbocycles. The number of hydrogen-bond acceptors (Lipinski definition) is 8. The largest absolute Gasteiger partial charge is 0.482 e. The molecule has 0 saturated carbocycles. The van der Waals surface area contributed by atoms with Crippen molar-refractivity contribution in [3.8, 4) is 5.75 Å². The predicted octanol–water partition coefficient (Wildman–Crippen LogP) is 1.56. The van der Waals surface area contributed by atoms with Crippen LogP contribution in [0.15, 0.2) is 53.5 Å². The Labute approximate surface area is 206 Å². The maximum atomic E-state index is 12.6. The van der Waals surface area contributed by atoms with Crippen molar-refractivity contribution in [1.82, 2.24) is 5.32 Å². The number of ketones is 1. The summed E-state index contributed by atoms with van der Waals surface area (Å²) in [7, 11) is 0. The van der Waals surface area contributed by atoms with Gasteiger partial charge in [0.1, 0.15) is 24.8 Å². The van der Waals surface area contributed by atoms with Gasteiger partial charge in [0.2, 0.25) is 0 Å². The first kappa shape index (κ1) is 27.5. The summed E-state index contributed by atoms with van der Waals surface area (Å²) in [6, 6.07) is 10.9. The topological polar surface area (TPSA) is 184 Å². The summed E-state index contributed by atoms with van der Waals surface area (Å²) in [6.45, 7) is 1.98. The van der Waals surface area contributed by atoms with Crippen molar-refractivity contribution in [1.29, 1.82) is 0 Å². The van der Waals surface area contributed by atoms with Gasteiger partial charge in [-0.25, -0.2) is 9.59 Å². The fraction of sp³-hybridized carbons (Fsp3) is 0.250. The summed E-state index contributed by atoms with van der Waals surface area (Å²) in [5.74, 6) is -2.33. The fourth-order valence-electron chi connectivity index (χ4n) is 2.76. The number of amides is 2. The SMILES string of the molecule is CC(=O)OCCOC(=O)/N=C(\N)c1ccc(C(=O)NC(C)C(=O)c2ccc(OCC(=O)O)cc2)cc1. The Morgan fingerprint density at radius 1 is 0.917 bits per heavy atom. The number of hydrogen-bond donors (Lipinski definition) is 3. The van der Waals surface area contributed by atoms with E-state index in [-0.39, 0.29) is 30.4 Å². The summed E-state index contributed by atoms with van der Waals surface area (Å²) in [5, 5.41) is 11.2. The molecule has 0 aliphatic heterocycles. The van der Waals surface area contributed by atoms with E-state index in [1.165, 1.54) is 62.4 Å². The smallest absolute Gasteiger partial charge is 0.435 e. The number of carbonyl (C=O) groups is 5. The number of carboxylic acids is 1. The van der Waals surface area contributed by atoms with Gasteiger partial charge >= 0.3 is 18.0 Å². The van der Waals surface area contributed by atoms with E-state index >= 15 is 0 Å². The molecule has 2 aromatic rings. The molecule has 36 heavy (non-hydrogen) atoms. The second-order valence-corrected chi connectivity index (χ2v) is 7.29. The molecule has 12 heteroatoms. The number of aliphatic carboxylic acids is 1. The van der Waals surface area contributed by atoms with E-state index < -0.39 is 36.6 Å². The van der Waals surface area contributed by atoms with Gasteiger partial charge in [-0.1, -0.05) is 12.1 Å². The zero-order valence-corrected chi connectivity index (χ0v) is 19.6. The van der Waals surface area contributed by atoms with E-state index in [4.69, 9.17) is 20.3 Å². The molecular weight excluding hydrogens is 474 g/mol. The lowest BCUT2D eigenvalue weighted by atomic mass is 10.0. The van der Waals surface area contributed by atoms with Gasteiger partial charge in [-0.2, -0.15) is 4.99 Å². The van der Waals surface area contributed by atoms with Crippen molar-refractivity contribution in [2.24, 2.45) is 10.7 Å². The molecule has 0 saturated heterocycles. The number of nitrogens with zero attached hydrogens (tertiary/aromatic N) is 1. The third-order valence-corrected chi connectivity index (χ3v) is 4.51. The molecule has 2 amide bonds. The summed E-state index contributed by atoms with van der Waals surface area (Å²) in [4.78, 5) is 61.6. The van der Waals surface area contributed by atoms with Crippen LogP contribution in [0, 0.1) is 0 Å². The molecule has 0 bridgehead atoms. The lowest BCUT2D eigenvalue weighted by Gasteiger charge is -2.14. The van der Waals surface area contributed by atoms with Crippen LogP contribution in [-0.4, -0.2) is 66.5 Å². The summed E-state index contributed by atoms with van der Waals surface area (Å²) < 4.78 is 14.4. The van der Waals surface area contributed by atoms with Crippen LogP contribution in [0.25, 0.3) is 0 Å². The normalized spacial score (nSPS) is 11.7. The van der Waals surface area contributed by atoms with E-state index in [0.29, 0.717) is 16.9 Å². The highest BCUT2D eigenvalue weighted by molar-refractivity contribution is 6.05. The number of nitrogens with one attached hydrogen (secondary N) is 1. The molecule has 1 atom stereocenters. The zero-order chi connectivity index (χ0) is 26.7. The molecule has 0 heterocycles. The standard InChI is InChI=1S/C24H25N3O9/c1-14(21(31)16-7-9-19(10-8-16)36-13-20(29)30)26-23(32)18-5-3-17(4-6-18)22(25)27-24(33)35-12-11-34-15(2)28/h3-10,14H,11-13H2,1-2H3,(H,26,32)(H,29,30)(H2,25,27,33). The van der Waals surface area contributed by atoms with E-state index in [0.717, 1.165) is 0 Å². The maximum Gasteiger partial charge on any atom is 0.435 e. The van der Waals surface area contributed by atoms with Crippen LogP contribution in [-0.2, 0) is 19.1 Å². The van der Waals surface area contributed by atoms with E-state index in [1.54, 1.807) is 0 Å². The first-order chi connectivity index (χ1) is 17.1. The Morgan fingerprint density at radius 3 is 2.06 bits per heavy atom. The van der Waals surface area contributed by atoms with E-state index in [2.05, 4.69) is 15.0 Å². The minimum absolute atomic E-state index is 0.103. The predicted molar refractivity (Wildman–Crippen MR) is 126 cm³/mol. The lowest BCUT2D eigenvalue weighted by molar-refractivity contribution is -0.142. The fourth-order valence-corrected chi connectivity index (χ4v) is 2.76. The number of esters is 1. The van der Waals surface area contributed by atoms with Crippen LogP contribution in [0.1, 0.15) is 40.1 Å². The van der Waals surface area contributed by atoms with Crippen LogP contribution >= 0.6 is 0 Å². The van der Waals surface area contributed by atoms with E-state index in [9.17, 15) is 24.0 Å². The summed E-state index contributed by atoms with van der Waals surface area (Å²) in [6.07, 6.45) is -0.963. The number of ether oxygens (including phenoxy) is 3. The number of amidine groups is 1. The Hall–Kier alpha value is -4.74. The third kappa shape index (κ3) is 8.89. The molecule has 0 fully saturated rings. The second kappa shape index (κ2) is 13.2. The summed E-state index contributed by atoms with van der Waals surface area (Å²) >= 11 is 0. The number of benzene rings is 2. The van der Waals surface area contributed by atoms with Crippen molar-refractivity contribution in [2.45, 2.75) is 19.9 Å². The molecule has 190 valence electrons. The van der Waals surface area contributed by atoms with Gasteiger partial charge in [0.15, 0.2) is 12.4 Å². The highest BCUT2D eigenvalue weighted by atomic mass is 16.6. The minimum atomic E-state index is -1.12. The van der Waals surface area contributed by atoms with Crippen LogP contribution in [0.5, 0.6) is 5.75 Å². The van der Waals surface area contributed by atoms with Gasteiger partial charge in [-0.05, 0) is 43.3 Å². The van der Waals surface area contributed by atoms with Crippen molar-refractivity contribution in [3.05, 3.63) is 65.2 Å². The number of carbonyl (C=O) groups excluding carboxylic acids is 4. The van der Waals surface area contributed by atoms with Crippen LogP contribution < -0.4 is 15.8 Å². The van der Waals surface area contributed by atoms with Crippen LogP contribution in [0.3, 0.4) is 0 Å². The Bertz CT molecular complexity index is 1140. The van der Waals surface area contributed by atoms with Gasteiger partial charge in [0.25, 0.3) is 5.91 Å². The van der Waals surface area contributed by atoms with Crippen molar-refractivity contribution in [2.75, 3.05) is 19.8 Å².